The third kappa shape index (κ3) is 1.62. The number of hydrogen-bond donors (Lipinski definition) is 1. The largest absolute Gasteiger partial charge is 0.451 e. The Morgan fingerprint density at radius 2 is 2.00 bits per heavy atom. The van der Waals surface area contributed by atoms with Crippen molar-refractivity contribution in [3.63, 3.8) is 0 Å². The maximum absolute atomic E-state index is 11.9. The Labute approximate surface area is 111 Å². The van der Waals surface area contributed by atoms with Crippen LogP contribution in [0.15, 0.2) is 33.5 Å². The second-order valence-electron chi connectivity index (χ2n) is 3.78. The Morgan fingerprint density at radius 3 is 2.78 bits per heavy atom. The van der Waals surface area contributed by atoms with Gasteiger partial charge in [-0.05, 0) is 24.3 Å². The van der Waals surface area contributed by atoms with Gasteiger partial charge >= 0.3 is 0 Å². The number of nitrogens with zero attached hydrogens (tertiary/aromatic N) is 1. The van der Waals surface area contributed by atoms with Gasteiger partial charge in [0.2, 0.25) is 5.43 Å². The van der Waals surface area contributed by atoms with Crippen molar-refractivity contribution in [2.24, 2.45) is 0 Å². The number of nitrogens with two attached hydrogens (primary N) is 1. The Kier molecular flexibility index (Phi) is 2.43. The summed E-state index contributed by atoms with van der Waals surface area (Å²) in [5, 5.41) is 0.762. The lowest BCUT2D eigenvalue weighted by Gasteiger charge is -2.08. The third-order valence-electron chi connectivity index (χ3n) is 2.56. The lowest BCUT2D eigenvalue weighted by atomic mass is 10.2. The molecule has 0 spiro atoms. The molecular formula is C12H6Cl2N2O2. The summed E-state index contributed by atoms with van der Waals surface area (Å²) in [7, 11) is 0. The molecule has 4 nitrogen and oxygen atoms in total. The first kappa shape index (κ1) is 11.3. The summed E-state index contributed by atoms with van der Waals surface area (Å²) in [5.74, 6) is 0.227. The van der Waals surface area contributed by atoms with Crippen LogP contribution in [-0.2, 0) is 0 Å². The number of rotatable bonds is 0. The van der Waals surface area contributed by atoms with Crippen molar-refractivity contribution in [3.8, 4) is 11.5 Å². The van der Waals surface area contributed by atoms with Crippen molar-refractivity contribution in [3.05, 3.63) is 44.5 Å². The molecule has 1 heterocycles. The number of nitrogen functional groups attached to an aromatic ring is 1. The highest BCUT2D eigenvalue weighted by Crippen LogP contribution is 2.31. The minimum atomic E-state index is -0.403. The molecule has 1 aromatic rings. The van der Waals surface area contributed by atoms with E-state index >= 15 is 0 Å². The van der Waals surface area contributed by atoms with Crippen LogP contribution in [0, 0.1) is 0 Å². The van der Waals surface area contributed by atoms with Gasteiger partial charge in [-0.25, -0.2) is 4.98 Å². The van der Waals surface area contributed by atoms with Gasteiger partial charge in [0, 0.05) is 5.02 Å². The molecule has 0 fully saturated rings. The maximum Gasteiger partial charge on any atom is 0.230 e. The summed E-state index contributed by atoms with van der Waals surface area (Å²) in [6, 6.07) is 6.31. The molecule has 0 aromatic heterocycles. The van der Waals surface area contributed by atoms with Gasteiger partial charge in [0.05, 0.1) is 10.7 Å². The standard InChI is InChI=1S/C12H6Cl2N2O2/c13-5-1-2-9-8(3-5)16-10-11(17)7(15)4-6(14)12(10)18-9/h1-4H,15H2. The smallest absolute Gasteiger partial charge is 0.230 e. The number of anilines is 1. The van der Waals surface area contributed by atoms with E-state index in [2.05, 4.69) is 4.98 Å². The minimum Gasteiger partial charge on any atom is -0.451 e. The molecule has 0 unspecified atom stereocenters. The van der Waals surface area contributed by atoms with Crippen LogP contribution in [0.1, 0.15) is 0 Å². The quantitative estimate of drug-likeness (QED) is 0.507. The number of aromatic nitrogens is 1. The van der Waals surface area contributed by atoms with E-state index in [1.807, 2.05) is 0 Å². The molecule has 0 radical (unpaired) electrons. The zero-order valence-electron chi connectivity index (χ0n) is 8.91. The molecule has 1 aliphatic carbocycles. The first-order valence-electron chi connectivity index (χ1n) is 5.04. The SMILES string of the molecule is Nc1cc(Cl)c2oc3ccc(Cl)cc3nc-2c1=O. The summed E-state index contributed by atoms with van der Waals surface area (Å²) in [5.41, 5.74) is 6.28. The van der Waals surface area contributed by atoms with Gasteiger partial charge in [0.15, 0.2) is 17.0 Å². The molecule has 0 bridgehead atoms. The maximum atomic E-state index is 11.9. The first-order chi connectivity index (χ1) is 8.56. The van der Waals surface area contributed by atoms with Gasteiger partial charge in [-0.1, -0.05) is 23.2 Å². The van der Waals surface area contributed by atoms with E-state index in [1.165, 1.54) is 6.07 Å². The van der Waals surface area contributed by atoms with Crippen molar-refractivity contribution in [2.45, 2.75) is 0 Å². The lowest BCUT2D eigenvalue weighted by molar-refractivity contribution is 0.612. The van der Waals surface area contributed by atoms with E-state index in [0.717, 1.165) is 0 Å². The van der Waals surface area contributed by atoms with Crippen molar-refractivity contribution in [2.75, 3.05) is 5.73 Å². The van der Waals surface area contributed by atoms with Gasteiger partial charge < -0.3 is 10.2 Å². The van der Waals surface area contributed by atoms with Crippen LogP contribution in [0.2, 0.25) is 10.0 Å². The molecule has 0 atom stereocenters. The lowest BCUT2D eigenvalue weighted by Crippen LogP contribution is -2.13. The second-order valence-corrected chi connectivity index (χ2v) is 4.62. The molecule has 18 heavy (non-hydrogen) atoms. The van der Waals surface area contributed by atoms with E-state index in [0.29, 0.717) is 16.1 Å². The molecular weight excluding hydrogens is 275 g/mol. The monoisotopic (exact) mass is 280 g/mol. The van der Waals surface area contributed by atoms with Crippen LogP contribution >= 0.6 is 23.2 Å². The average Bonchev–Trinajstić information content (AvgIpc) is 2.34. The van der Waals surface area contributed by atoms with Crippen LogP contribution in [0.5, 0.6) is 0 Å². The highest BCUT2D eigenvalue weighted by atomic mass is 35.5. The molecule has 0 saturated carbocycles. The fourth-order valence-corrected chi connectivity index (χ4v) is 2.13. The van der Waals surface area contributed by atoms with Gasteiger partial charge in [0.1, 0.15) is 5.52 Å². The van der Waals surface area contributed by atoms with Gasteiger partial charge in [-0.3, -0.25) is 4.79 Å². The van der Waals surface area contributed by atoms with Crippen LogP contribution < -0.4 is 11.2 Å². The molecule has 1 aliphatic heterocycles. The van der Waals surface area contributed by atoms with E-state index < -0.39 is 5.43 Å². The van der Waals surface area contributed by atoms with Gasteiger partial charge in [-0.2, -0.15) is 0 Å². The predicted octanol–water partition coefficient (Wildman–Crippen LogP) is 3.18. The molecule has 3 rings (SSSR count). The third-order valence-corrected chi connectivity index (χ3v) is 3.07. The Bertz CT molecular complexity index is 798. The molecule has 90 valence electrons. The number of halogens is 2. The van der Waals surface area contributed by atoms with Crippen molar-refractivity contribution in [1.29, 1.82) is 0 Å². The second kappa shape index (κ2) is 3.86. The first-order valence-corrected chi connectivity index (χ1v) is 5.80. The summed E-state index contributed by atoms with van der Waals surface area (Å²) < 4.78 is 5.56. The number of benzene rings is 2. The summed E-state index contributed by atoms with van der Waals surface area (Å²) in [6.45, 7) is 0. The fraction of sp³-hybridized carbons (Fsp3) is 0. The number of fused-ring (bicyclic) bond motifs is 2. The van der Waals surface area contributed by atoms with E-state index in [-0.39, 0.29) is 22.2 Å². The Balaban J connectivity index is 2.53. The van der Waals surface area contributed by atoms with E-state index in [9.17, 15) is 4.79 Å². The van der Waals surface area contributed by atoms with E-state index in [4.69, 9.17) is 33.4 Å². The summed E-state index contributed by atoms with van der Waals surface area (Å²) >= 11 is 11.8. The number of hydrogen-bond acceptors (Lipinski definition) is 4. The zero-order chi connectivity index (χ0) is 12.9. The Morgan fingerprint density at radius 1 is 1.22 bits per heavy atom. The van der Waals surface area contributed by atoms with Crippen molar-refractivity contribution < 1.29 is 4.42 Å². The highest BCUT2D eigenvalue weighted by Gasteiger charge is 2.18. The normalized spacial score (nSPS) is 11.2. The van der Waals surface area contributed by atoms with Gasteiger partial charge in [-0.15, -0.1) is 0 Å². The molecule has 2 N–H and O–H groups in total. The molecule has 6 heteroatoms. The fourth-order valence-electron chi connectivity index (χ4n) is 1.71. The van der Waals surface area contributed by atoms with Crippen LogP contribution in [0.25, 0.3) is 22.6 Å². The minimum absolute atomic E-state index is 0.0385. The molecule has 1 aromatic carbocycles. The van der Waals surface area contributed by atoms with Crippen LogP contribution in [-0.4, -0.2) is 4.98 Å². The van der Waals surface area contributed by atoms with Crippen LogP contribution in [0.3, 0.4) is 0 Å². The predicted molar refractivity (Wildman–Crippen MR) is 71.3 cm³/mol. The molecule has 2 aliphatic rings. The molecule has 0 amide bonds. The Hall–Kier alpha value is -1.78. The van der Waals surface area contributed by atoms with Crippen molar-refractivity contribution >= 4 is 40.0 Å². The average molecular weight is 281 g/mol. The van der Waals surface area contributed by atoms with Gasteiger partial charge in [0.25, 0.3) is 0 Å². The van der Waals surface area contributed by atoms with E-state index in [1.54, 1.807) is 18.2 Å². The molecule has 0 saturated heterocycles. The summed E-state index contributed by atoms with van der Waals surface area (Å²) in [6.07, 6.45) is 0. The van der Waals surface area contributed by atoms with Crippen molar-refractivity contribution in [1.82, 2.24) is 4.98 Å². The highest BCUT2D eigenvalue weighted by molar-refractivity contribution is 6.33. The topological polar surface area (TPSA) is 69.1 Å². The van der Waals surface area contributed by atoms with Crippen LogP contribution in [0.4, 0.5) is 5.69 Å². The summed E-state index contributed by atoms with van der Waals surface area (Å²) in [4.78, 5) is 16.1. The zero-order valence-corrected chi connectivity index (χ0v) is 10.4.